The van der Waals surface area contributed by atoms with E-state index in [4.69, 9.17) is 10.8 Å². The number of nitrogens with one attached hydrogen (secondary N) is 2. The second-order valence-corrected chi connectivity index (χ2v) is 4.94. The maximum atomic E-state index is 13.4. The van der Waals surface area contributed by atoms with Crippen molar-refractivity contribution in [2.75, 3.05) is 13.1 Å². The lowest BCUT2D eigenvalue weighted by Gasteiger charge is -2.14. The maximum Gasteiger partial charge on any atom is 0.326 e. The second kappa shape index (κ2) is 9.86. The Kier molecular flexibility index (Phi) is 8.09. The molecule has 5 N–H and O–H groups in total. The van der Waals surface area contributed by atoms with Crippen LogP contribution in [0.3, 0.4) is 0 Å². The van der Waals surface area contributed by atoms with Crippen LogP contribution in [0, 0.1) is 5.82 Å². The number of benzene rings is 1. The molecule has 0 aliphatic carbocycles. The van der Waals surface area contributed by atoms with Crippen LogP contribution >= 0.6 is 0 Å². The van der Waals surface area contributed by atoms with E-state index < -0.39 is 17.9 Å². The molecule has 1 rings (SSSR count). The van der Waals surface area contributed by atoms with Crippen LogP contribution in [0.4, 0.5) is 4.39 Å². The van der Waals surface area contributed by atoms with Crippen LogP contribution in [-0.2, 0) is 16.1 Å². The van der Waals surface area contributed by atoms with Crippen LogP contribution in [0.1, 0.15) is 24.8 Å². The van der Waals surface area contributed by atoms with Gasteiger partial charge in [0.1, 0.15) is 11.9 Å². The van der Waals surface area contributed by atoms with Gasteiger partial charge in [-0.2, -0.15) is 0 Å². The third kappa shape index (κ3) is 6.64. The molecular formula is C15H22FN3O3. The number of carbonyl (C=O) groups excluding carboxylic acids is 1. The van der Waals surface area contributed by atoms with Crippen LogP contribution in [0.25, 0.3) is 0 Å². The van der Waals surface area contributed by atoms with E-state index in [2.05, 4.69) is 10.6 Å². The molecule has 22 heavy (non-hydrogen) atoms. The Bertz CT molecular complexity index is 497. The summed E-state index contributed by atoms with van der Waals surface area (Å²) in [5, 5.41) is 14.3. The van der Waals surface area contributed by atoms with Crippen LogP contribution in [0.5, 0.6) is 0 Å². The van der Waals surface area contributed by atoms with Crippen molar-refractivity contribution in [3.63, 3.8) is 0 Å². The standard InChI is InChI=1S/C15H22FN3O3/c16-12-6-2-1-5-11(12)9-18-10-14(20)19-13(15(21)22)7-3-4-8-17/h1-2,5-6,13,18H,3-4,7-10,17H2,(H,19,20)(H,21,22)/t13-/m0/s1. The number of aliphatic carboxylic acids is 1. The molecule has 0 saturated heterocycles. The number of unbranched alkanes of at least 4 members (excludes halogenated alkanes) is 1. The van der Waals surface area contributed by atoms with E-state index in [1.165, 1.54) is 6.07 Å². The molecule has 0 aliphatic heterocycles. The van der Waals surface area contributed by atoms with Gasteiger partial charge >= 0.3 is 5.97 Å². The summed E-state index contributed by atoms with van der Waals surface area (Å²) in [6, 6.07) is 5.33. The summed E-state index contributed by atoms with van der Waals surface area (Å²) in [5.74, 6) is -1.85. The van der Waals surface area contributed by atoms with E-state index in [1.54, 1.807) is 18.2 Å². The third-order valence-corrected chi connectivity index (χ3v) is 3.14. The Morgan fingerprint density at radius 3 is 2.64 bits per heavy atom. The topological polar surface area (TPSA) is 104 Å². The van der Waals surface area contributed by atoms with Gasteiger partial charge in [-0.15, -0.1) is 0 Å². The van der Waals surface area contributed by atoms with E-state index in [-0.39, 0.29) is 18.9 Å². The van der Waals surface area contributed by atoms with Crippen molar-refractivity contribution in [3.05, 3.63) is 35.6 Å². The smallest absolute Gasteiger partial charge is 0.326 e. The highest BCUT2D eigenvalue weighted by molar-refractivity contribution is 5.84. The minimum atomic E-state index is -1.07. The lowest BCUT2D eigenvalue weighted by Crippen LogP contribution is -2.44. The average molecular weight is 311 g/mol. The summed E-state index contributed by atoms with van der Waals surface area (Å²) < 4.78 is 13.4. The van der Waals surface area contributed by atoms with Crippen molar-refractivity contribution in [2.24, 2.45) is 5.73 Å². The van der Waals surface area contributed by atoms with Crippen LogP contribution in [0.2, 0.25) is 0 Å². The zero-order valence-corrected chi connectivity index (χ0v) is 12.3. The molecule has 6 nitrogen and oxygen atoms in total. The van der Waals surface area contributed by atoms with Gasteiger partial charge in [0.2, 0.25) is 5.91 Å². The van der Waals surface area contributed by atoms with Crippen molar-refractivity contribution in [3.8, 4) is 0 Å². The Labute approximate surface area is 128 Å². The van der Waals surface area contributed by atoms with E-state index in [9.17, 15) is 14.0 Å². The minimum absolute atomic E-state index is 0.0744. The summed E-state index contributed by atoms with van der Waals surface area (Å²) in [7, 11) is 0. The van der Waals surface area contributed by atoms with Crippen molar-refractivity contribution in [1.29, 1.82) is 0 Å². The zero-order chi connectivity index (χ0) is 16.4. The maximum absolute atomic E-state index is 13.4. The molecule has 0 saturated carbocycles. The first kappa shape index (κ1) is 18.1. The molecule has 1 amide bonds. The van der Waals surface area contributed by atoms with E-state index in [0.717, 1.165) is 0 Å². The highest BCUT2D eigenvalue weighted by Gasteiger charge is 2.18. The fourth-order valence-electron chi connectivity index (χ4n) is 1.95. The molecule has 1 aromatic carbocycles. The van der Waals surface area contributed by atoms with Gasteiger partial charge in [-0.05, 0) is 31.9 Å². The molecule has 0 aliphatic rings. The van der Waals surface area contributed by atoms with Crippen molar-refractivity contribution >= 4 is 11.9 Å². The predicted molar refractivity (Wildman–Crippen MR) is 80.6 cm³/mol. The monoisotopic (exact) mass is 311 g/mol. The minimum Gasteiger partial charge on any atom is -0.480 e. The summed E-state index contributed by atoms with van der Waals surface area (Å²) in [6.07, 6.45) is 1.69. The molecule has 0 aromatic heterocycles. The normalized spacial score (nSPS) is 11.9. The van der Waals surface area contributed by atoms with E-state index >= 15 is 0 Å². The van der Waals surface area contributed by atoms with Gasteiger partial charge in [0.05, 0.1) is 6.54 Å². The summed E-state index contributed by atoms with van der Waals surface area (Å²) in [4.78, 5) is 22.8. The molecule has 0 heterocycles. The fourth-order valence-corrected chi connectivity index (χ4v) is 1.95. The number of nitrogens with two attached hydrogens (primary N) is 1. The molecule has 0 unspecified atom stereocenters. The first-order chi connectivity index (χ1) is 10.5. The largest absolute Gasteiger partial charge is 0.480 e. The highest BCUT2D eigenvalue weighted by Crippen LogP contribution is 2.05. The Morgan fingerprint density at radius 2 is 2.00 bits per heavy atom. The van der Waals surface area contributed by atoms with Crippen LogP contribution < -0.4 is 16.4 Å². The molecule has 7 heteroatoms. The van der Waals surface area contributed by atoms with Crippen LogP contribution in [-0.4, -0.2) is 36.1 Å². The number of hydrogen-bond acceptors (Lipinski definition) is 4. The highest BCUT2D eigenvalue weighted by atomic mass is 19.1. The van der Waals surface area contributed by atoms with Crippen molar-refractivity contribution < 1.29 is 19.1 Å². The first-order valence-electron chi connectivity index (χ1n) is 7.21. The quantitative estimate of drug-likeness (QED) is 0.474. The van der Waals surface area contributed by atoms with Gasteiger partial charge in [-0.25, -0.2) is 9.18 Å². The number of halogens is 1. The van der Waals surface area contributed by atoms with Gasteiger partial charge in [-0.1, -0.05) is 18.2 Å². The molecular weight excluding hydrogens is 289 g/mol. The number of carboxylic acid groups (broad SMARTS) is 1. The van der Waals surface area contributed by atoms with Gasteiger partial charge in [0.25, 0.3) is 0 Å². The van der Waals surface area contributed by atoms with Crippen molar-refractivity contribution in [1.82, 2.24) is 10.6 Å². The van der Waals surface area contributed by atoms with E-state index in [1.807, 2.05) is 0 Å². The second-order valence-electron chi connectivity index (χ2n) is 4.94. The summed E-state index contributed by atoms with van der Waals surface area (Å²) in [5.41, 5.74) is 5.80. The number of carbonyl (C=O) groups is 2. The third-order valence-electron chi connectivity index (χ3n) is 3.14. The Balaban J connectivity index is 2.34. The molecule has 1 aromatic rings. The molecule has 122 valence electrons. The zero-order valence-electron chi connectivity index (χ0n) is 12.3. The van der Waals surface area contributed by atoms with Gasteiger partial charge < -0.3 is 21.5 Å². The summed E-state index contributed by atoms with van der Waals surface area (Å²) >= 11 is 0. The lowest BCUT2D eigenvalue weighted by atomic mass is 10.1. The first-order valence-corrected chi connectivity index (χ1v) is 7.21. The van der Waals surface area contributed by atoms with Gasteiger partial charge in [0, 0.05) is 12.1 Å². The molecule has 0 radical (unpaired) electrons. The Hall–Kier alpha value is -1.99. The Morgan fingerprint density at radius 1 is 1.27 bits per heavy atom. The molecule has 0 spiro atoms. The lowest BCUT2D eigenvalue weighted by molar-refractivity contribution is -0.141. The average Bonchev–Trinajstić information content (AvgIpc) is 2.48. The van der Waals surface area contributed by atoms with Gasteiger partial charge in [-0.3, -0.25) is 4.79 Å². The molecule has 0 fully saturated rings. The fraction of sp³-hybridized carbons (Fsp3) is 0.467. The molecule has 0 bridgehead atoms. The number of amides is 1. The summed E-state index contributed by atoms with van der Waals surface area (Å²) in [6.45, 7) is 0.616. The van der Waals surface area contributed by atoms with Crippen molar-refractivity contribution in [2.45, 2.75) is 31.8 Å². The SMILES string of the molecule is NCCCC[C@H](NC(=O)CNCc1ccccc1F)C(=O)O. The van der Waals surface area contributed by atoms with E-state index in [0.29, 0.717) is 31.4 Å². The number of rotatable bonds is 10. The predicted octanol–water partition coefficient (Wildman–Crippen LogP) is 0.614. The number of hydrogen-bond donors (Lipinski definition) is 4. The van der Waals surface area contributed by atoms with Gasteiger partial charge in [0.15, 0.2) is 0 Å². The number of carboxylic acids is 1. The van der Waals surface area contributed by atoms with Crippen LogP contribution in [0.15, 0.2) is 24.3 Å². The molecule has 1 atom stereocenters.